The summed E-state index contributed by atoms with van der Waals surface area (Å²) in [7, 11) is 0. The summed E-state index contributed by atoms with van der Waals surface area (Å²) in [6.07, 6.45) is 3.61. The third-order valence-corrected chi connectivity index (χ3v) is 4.44. The van der Waals surface area contributed by atoms with Gasteiger partial charge in [0.25, 0.3) is 0 Å². The van der Waals surface area contributed by atoms with Crippen LogP contribution in [0.5, 0.6) is 5.75 Å². The van der Waals surface area contributed by atoms with Crippen molar-refractivity contribution in [2.45, 2.75) is 52.6 Å². The van der Waals surface area contributed by atoms with Crippen LogP contribution >= 0.6 is 24.0 Å². The first kappa shape index (κ1) is 23.0. The second-order valence-corrected chi connectivity index (χ2v) is 6.54. The fraction of sp³-hybridized carbons (Fsp3) is 0.650. The van der Waals surface area contributed by atoms with Gasteiger partial charge in [-0.2, -0.15) is 0 Å². The molecule has 0 bridgehead atoms. The summed E-state index contributed by atoms with van der Waals surface area (Å²) in [6.45, 7) is 12.2. The van der Waals surface area contributed by atoms with E-state index in [2.05, 4.69) is 41.5 Å². The van der Waals surface area contributed by atoms with Gasteiger partial charge in [-0.3, -0.25) is 0 Å². The molecule has 26 heavy (non-hydrogen) atoms. The van der Waals surface area contributed by atoms with Crippen molar-refractivity contribution in [1.29, 1.82) is 0 Å². The summed E-state index contributed by atoms with van der Waals surface area (Å²) in [6, 6.07) is 8.70. The molecule has 0 aliphatic carbocycles. The molecule has 0 atom stereocenters. The van der Waals surface area contributed by atoms with Gasteiger partial charge in [0.2, 0.25) is 0 Å². The number of rotatable bonds is 8. The lowest BCUT2D eigenvalue weighted by Gasteiger charge is -2.32. The lowest BCUT2D eigenvalue weighted by Crippen LogP contribution is -2.48. The summed E-state index contributed by atoms with van der Waals surface area (Å²) in [5, 5.41) is 6.98. The Labute approximate surface area is 176 Å². The Bertz CT molecular complexity index is 530. The van der Waals surface area contributed by atoms with Crippen LogP contribution in [0.25, 0.3) is 0 Å². The highest BCUT2D eigenvalue weighted by molar-refractivity contribution is 14.0. The average Bonchev–Trinajstić information content (AvgIpc) is 2.62. The average molecular weight is 474 g/mol. The molecule has 1 fully saturated rings. The van der Waals surface area contributed by atoms with Crippen molar-refractivity contribution >= 4 is 29.9 Å². The predicted molar refractivity (Wildman–Crippen MR) is 121 cm³/mol. The summed E-state index contributed by atoms with van der Waals surface area (Å²) in [4.78, 5) is 7.32. The molecule has 1 heterocycles. The minimum atomic E-state index is 0. The highest BCUT2D eigenvalue weighted by atomic mass is 127. The molecule has 0 amide bonds. The number of hydrogen-bond acceptors (Lipinski definition) is 3. The SMILES string of the molecule is CCCN1CCC(NC(=NCc2cccc(OCC)c2)NCC)CC1.I. The molecular weight excluding hydrogens is 439 g/mol. The van der Waals surface area contributed by atoms with Gasteiger partial charge in [-0.25, -0.2) is 4.99 Å². The standard InChI is InChI=1S/C20H34N4O.HI/c1-4-12-24-13-10-18(11-14-24)23-20(21-5-2)22-16-17-8-7-9-19(15-17)25-6-3;/h7-9,15,18H,4-6,10-14,16H2,1-3H3,(H2,21,22,23);1H. The Morgan fingerprint density at radius 3 is 2.65 bits per heavy atom. The second kappa shape index (κ2) is 13.2. The van der Waals surface area contributed by atoms with Crippen LogP contribution in [0.1, 0.15) is 45.6 Å². The van der Waals surface area contributed by atoms with Crippen LogP contribution in [0.3, 0.4) is 0 Å². The van der Waals surface area contributed by atoms with E-state index in [4.69, 9.17) is 9.73 Å². The van der Waals surface area contributed by atoms with Gasteiger partial charge in [-0.1, -0.05) is 19.1 Å². The Kier molecular flexibility index (Phi) is 11.7. The van der Waals surface area contributed by atoms with E-state index < -0.39 is 0 Å². The number of likely N-dealkylation sites (tertiary alicyclic amines) is 1. The molecular formula is C20H35IN4O. The van der Waals surface area contributed by atoms with E-state index in [0.29, 0.717) is 19.2 Å². The van der Waals surface area contributed by atoms with E-state index in [1.54, 1.807) is 0 Å². The lowest BCUT2D eigenvalue weighted by atomic mass is 10.1. The van der Waals surface area contributed by atoms with Gasteiger partial charge in [-0.05, 0) is 57.4 Å². The van der Waals surface area contributed by atoms with Gasteiger partial charge in [0.15, 0.2) is 5.96 Å². The Morgan fingerprint density at radius 1 is 1.23 bits per heavy atom. The van der Waals surface area contributed by atoms with Crippen LogP contribution in [0.15, 0.2) is 29.3 Å². The number of benzene rings is 1. The molecule has 6 heteroatoms. The number of hydrogen-bond donors (Lipinski definition) is 2. The van der Waals surface area contributed by atoms with Gasteiger partial charge in [-0.15, -0.1) is 24.0 Å². The molecule has 0 saturated carbocycles. The minimum Gasteiger partial charge on any atom is -0.494 e. The lowest BCUT2D eigenvalue weighted by molar-refractivity contribution is 0.206. The van der Waals surface area contributed by atoms with Crippen LogP contribution < -0.4 is 15.4 Å². The van der Waals surface area contributed by atoms with Gasteiger partial charge in [0, 0.05) is 25.7 Å². The molecule has 1 aliphatic heterocycles. The highest BCUT2D eigenvalue weighted by Crippen LogP contribution is 2.14. The van der Waals surface area contributed by atoms with E-state index in [1.165, 1.54) is 44.5 Å². The second-order valence-electron chi connectivity index (χ2n) is 6.54. The van der Waals surface area contributed by atoms with Gasteiger partial charge < -0.3 is 20.3 Å². The first-order valence-electron chi connectivity index (χ1n) is 9.74. The van der Waals surface area contributed by atoms with Crippen LogP contribution in [-0.4, -0.2) is 49.7 Å². The Balaban J connectivity index is 0.00000338. The highest BCUT2D eigenvalue weighted by Gasteiger charge is 2.19. The molecule has 148 valence electrons. The monoisotopic (exact) mass is 474 g/mol. The summed E-state index contributed by atoms with van der Waals surface area (Å²) >= 11 is 0. The minimum absolute atomic E-state index is 0. The Hall–Kier alpha value is -1.02. The number of halogens is 1. The molecule has 2 N–H and O–H groups in total. The zero-order valence-corrected chi connectivity index (χ0v) is 18.8. The zero-order valence-electron chi connectivity index (χ0n) is 16.5. The summed E-state index contributed by atoms with van der Waals surface area (Å²) in [5.41, 5.74) is 1.17. The molecule has 1 aromatic carbocycles. The van der Waals surface area contributed by atoms with Crippen LogP contribution in [-0.2, 0) is 6.54 Å². The van der Waals surface area contributed by atoms with Crippen LogP contribution in [0, 0.1) is 0 Å². The van der Waals surface area contributed by atoms with Crippen molar-refractivity contribution in [3.8, 4) is 5.75 Å². The first-order chi connectivity index (χ1) is 12.2. The molecule has 0 radical (unpaired) electrons. The van der Waals surface area contributed by atoms with E-state index in [1.807, 2.05) is 19.1 Å². The van der Waals surface area contributed by atoms with E-state index in [-0.39, 0.29) is 24.0 Å². The quantitative estimate of drug-likeness (QED) is 0.343. The maximum Gasteiger partial charge on any atom is 0.191 e. The van der Waals surface area contributed by atoms with Gasteiger partial charge >= 0.3 is 0 Å². The number of nitrogens with zero attached hydrogens (tertiary/aromatic N) is 2. The number of nitrogens with one attached hydrogen (secondary N) is 2. The zero-order chi connectivity index (χ0) is 17.9. The molecule has 1 saturated heterocycles. The third kappa shape index (κ3) is 8.12. The van der Waals surface area contributed by atoms with Crippen molar-refractivity contribution < 1.29 is 4.74 Å². The van der Waals surface area contributed by atoms with Gasteiger partial charge in [0.1, 0.15) is 5.75 Å². The molecule has 0 aromatic heterocycles. The van der Waals surface area contributed by atoms with E-state index >= 15 is 0 Å². The van der Waals surface area contributed by atoms with Crippen LogP contribution in [0.4, 0.5) is 0 Å². The topological polar surface area (TPSA) is 48.9 Å². The number of ether oxygens (including phenoxy) is 1. The predicted octanol–water partition coefficient (Wildman–Crippen LogP) is 3.63. The van der Waals surface area contributed by atoms with E-state index in [0.717, 1.165) is 18.3 Å². The molecule has 5 nitrogen and oxygen atoms in total. The van der Waals surface area contributed by atoms with Crippen LogP contribution in [0.2, 0.25) is 0 Å². The molecule has 0 spiro atoms. The maximum absolute atomic E-state index is 5.57. The number of piperidine rings is 1. The van der Waals surface area contributed by atoms with Crippen molar-refractivity contribution in [3.05, 3.63) is 29.8 Å². The maximum atomic E-state index is 5.57. The van der Waals surface area contributed by atoms with E-state index in [9.17, 15) is 0 Å². The van der Waals surface area contributed by atoms with Crippen molar-refractivity contribution in [2.24, 2.45) is 4.99 Å². The van der Waals surface area contributed by atoms with Crippen molar-refractivity contribution in [3.63, 3.8) is 0 Å². The summed E-state index contributed by atoms with van der Waals surface area (Å²) in [5.74, 6) is 1.83. The summed E-state index contributed by atoms with van der Waals surface area (Å²) < 4.78 is 5.57. The molecule has 1 aliphatic rings. The fourth-order valence-corrected chi connectivity index (χ4v) is 3.20. The number of guanidine groups is 1. The molecule has 1 aromatic rings. The normalized spacial score (nSPS) is 16.0. The van der Waals surface area contributed by atoms with Crippen molar-refractivity contribution in [2.75, 3.05) is 32.8 Å². The third-order valence-electron chi connectivity index (χ3n) is 4.44. The number of aliphatic imine (C=N–C) groups is 1. The van der Waals surface area contributed by atoms with Gasteiger partial charge in [0.05, 0.1) is 13.2 Å². The smallest absolute Gasteiger partial charge is 0.191 e. The molecule has 0 unspecified atom stereocenters. The Morgan fingerprint density at radius 2 is 2.00 bits per heavy atom. The van der Waals surface area contributed by atoms with Crippen molar-refractivity contribution in [1.82, 2.24) is 15.5 Å². The largest absolute Gasteiger partial charge is 0.494 e. The molecule has 2 rings (SSSR count). The fourth-order valence-electron chi connectivity index (χ4n) is 3.20. The first-order valence-corrected chi connectivity index (χ1v) is 9.74.